The number of benzene rings is 4. The molecule has 3 N–H and O–H groups in total. The van der Waals surface area contributed by atoms with Crippen LogP contribution in [0.3, 0.4) is 0 Å². The van der Waals surface area contributed by atoms with Crippen LogP contribution in [0.5, 0.6) is 0 Å². The summed E-state index contributed by atoms with van der Waals surface area (Å²) in [4.78, 5) is 0.227. The minimum Gasteiger partial charge on any atom is -0.356 e. The van der Waals surface area contributed by atoms with Crippen molar-refractivity contribution in [2.75, 3.05) is 15.4 Å². The SMILES string of the molecule is O=S(=O)(Nc1cccc(Nc2ccc(Nc3ccccc3)cc2)c1)c1ccccc1. The molecular weight excluding hydrogens is 394 g/mol. The first-order valence-corrected chi connectivity index (χ1v) is 10.9. The smallest absolute Gasteiger partial charge is 0.261 e. The third-order valence-corrected chi connectivity index (χ3v) is 5.80. The van der Waals surface area contributed by atoms with Crippen molar-refractivity contribution in [1.82, 2.24) is 0 Å². The summed E-state index contributed by atoms with van der Waals surface area (Å²) in [6.45, 7) is 0. The lowest BCUT2D eigenvalue weighted by atomic mass is 10.2. The van der Waals surface area contributed by atoms with Crippen LogP contribution in [0.2, 0.25) is 0 Å². The van der Waals surface area contributed by atoms with E-state index < -0.39 is 10.0 Å². The van der Waals surface area contributed by atoms with Crippen LogP contribution in [-0.4, -0.2) is 8.42 Å². The van der Waals surface area contributed by atoms with Crippen molar-refractivity contribution >= 4 is 38.5 Å². The summed E-state index contributed by atoms with van der Waals surface area (Å²) in [5.41, 5.74) is 4.18. The summed E-state index contributed by atoms with van der Waals surface area (Å²) >= 11 is 0. The molecule has 0 saturated carbocycles. The van der Waals surface area contributed by atoms with Gasteiger partial charge in [-0.3, -0.25) is 4.72 Å². The summed E-state index contributed by atoms with van der Waals surface area (Å²) in [6, 6.07) is 33.3. The monoisotopic (exact) mass is 415 g/mol. The van der Waals surface area contributed by atoms with Crippen LogP contribution in [0.4, 0.5) is 28.4 Å². The topological polar surface area (TPSA) is 70.2 Å². The van der Waals surface area contributed by atoms with Crippen LogP contribution in [0.1, 0.15) is 0 Å². The Morgan fingerprint density at radius 1 is 0.467 bits per heavy atom. The molecule has 0 unspecified atom stereocenters. The predicted octanol–water partition coefficient (Wildman–Crippen LogP) is 5.97. The van der Waals surface area contributed by atoms with Crippen LogP contribution >= 0.6 is 0 Å². The molecule has 0 atom stereocenters. The first kappa shape index (κ1) is 19.5. The first-order chi connectivity index (χ1) is 14.6. The lowest BCUT2D eigenvalue weighted by Crippen LogP contribution is -2.12. The molecule has 4 rings (SSSR count). The maximum atomic E-state index is 12.5. The Morgan fingerprint density at radius 2 is 0.933 bits per heavy atom. The lowest BCUT2D eigenvalue weighted by molar-refractivity contribution is 0.601. The highest BCUT2D eigenvalue weighted by atomic mass is 32.2. The van der Waals surface area contributed by atoms with Crippen molar-refractivity contribution in [3.63, 3.8) is 0 Å². The minimum absolute atomic E-state index is 0.227. The van der Waals surface area contributed by atoms with Crippen molar-refractivity contribution in [3.8, 4) is 0 Å². The van der Waals surface area contributed by atoms with Crippen molar-refractivity contribution in [1.29, 1.82) is 0 Å². The number of para-hydroxylation sites is 1. The van der Waals surface area contributed by atoms with Gasteiger partial charge in [0.1, 0.15) is 0 Å². The molecule has 0 amide bonds. The summed E-state index contributed by atoms with van der Waals surface area (Å²) in [5, 5.41) is 6.64. The van der Waals surface area contributed by atoms with Crippen molar-refractivity contribution < 1.29 is 8.42 Å². The second-order valence-corrected chi connectivity index (χ2v) is 8.38. The molecule has 0 saturated heterocycles. The zero-order chi connectivity index (χ0) is 20.8. The van der Waals surface area contributed by atoms with Gasteiger partial charge in [-0.1, -0.05) is 42.5 Å². The Balaban J connectivity index is 1.44. The van der Waals surface area contributed by atoms with Crippen molar-refractivity contribution in [2.45, 2.75) is 4.90 Å². The van der Waals surface area contributed by atoms with E-state index in [2.05, 4.69) is 15.4 Å². The molecule has 0 aliphatic heterocycles. The van der Waals surface area contributed by atoms with E-state index in [0.29, 0.717) is 5.69 Å². The number of hydrogen-bond donors (Lipinski definition) is 3. The first-order valence-electron chi connectivity index (χ1n) is 9.46. The van der Waals surface area contributed by atoms with E-state index in [1.54, 1.807) is 48.5 Å². The number of sulfonamides is 1. The summed E-state index contributed by atoms with van der Waals surface area (Å²) in [6.07, 6.45) is 0. The molecule has 6 heteroatoms. The number of rotatable bonds is 7. The maximum absolute atomic E-state index is 12.5. The quantitative estimate of drug-likeness (QED) is 0.347. The zero-order valence-electron chi connectivity index (χ0n) is 16.1. The predicted molar refractivity (Wildman–Crippen MR) is 123 cm³/mol. The molecule has 5 nitrogen and oxygen atoms in total. The lowest BCUT2D eigenvalue weighted by Gasteiger charge is -2.12. The average molecular weight is 416 g/mol. The fraction of sp³-hybridized carbons (Fsp3) is 0. The van der Waals surface area contributed by atoms with E-state index in [4.69, 9.17) is 0 Å². The molecule has 0 aliphatic carbocycles. The Labute approximate surface area is 176 Å². The molecule has 0 fully saturated rings. The molecule has 0 heterocycles. The third kappa shape index (κ3) is 4.98. The van der Waals surface area contributed by atoms with Crippen molar-refractivity contribution in [2.24, 2.45) is 0 Å². The number of hydrogen-bond acceptors (Lipinski definition) is 4. The fourth-order valence-electron chi connectivity index (χ4n) is 2.97. The highest BCUT2D eigenvalue weighted by Crippen LogP contribution is 2.24. The van der Waals surface area contributed by atoms with Gasteiger partial charge in [-0.2, -0.15) is 0 Å². The van der Waals surface area contributed by atoms with Crippen molar-refractivity contribution in [3.05, 3.63) is 109 Å². The molecule has 30 heavy (non-hydrogen) atoms. The molecule has 0 spiro atoms. The molecule has 0 aromatic heterocycles. The normalized spacial score (nSPS) is 10.9. The molecule has 150 valence electrons. The van der Waals surface area contributed by atoms with E-state index >= 15 is 0 Å². The number of anilines is 5. The zero-order valence-corrected chi connectivity index (χ0v) is 16.9. The van der Waals surface area contributed by atoms with Crippen LogP contribution in [0.15, 0.2) is 114 Å². The average Bonchev–Trinajstić information content (AvgIpc) is 2.76. The van der Waals surface area contributed by atoms with Gasteiger partial charge in [0, 0.05) is 22.7 Å². The summed E-state index contributed by atoms with van der Waals surface area (Å²) in [7, 11) is -3.62. The Kier molecular flexibility index (Phi) is 5.68. The minimum atomic E-state index is -3.62. The number of nitrogens with one attached hydrogen (secondary N) is 3. The Hall–Kier alpha value is -3.77. The molecule has 0 aliphatic rings. The van der Waals surface area contributed by atoms with E-state index in [9.17, 15) is 8.42 Å². The second kappa shape index (κ2) is 8.71. The van der Waals surface area contributed by atoms with Gasteiger partial charge in [-0.25, -0.2) is 8.42 Å². The Bertz CT molecular complexity index is 1210. The summed E-state index contributed by atoms with van der Waals surface area (Å²) in [5.74, 6) is 0. The third-order valence-electron chi connectivity index (χ3n) is 4.40. The highest BCUT2D eigenvalue weighted by Gasteiger charge is 2.13. The van der Waals surface area contributed by atoms with Crippen LogP contribution in [0.25, 0.3) is 0 Å². The van der Waals surface area contributed by atoms with E-state index in [0.717, 1.165) is 22.7 Å². The maximum Gasteiger partial charge on any atom is 0.261 e. The molecule has 0 radical (unpaired) electrons. The molecule has 4 aromatic carbocycles. The van der Waals surface area contributed by atoms with Gasteiger partial charge >= 0.3 is 0 Å². The second-order valence-electron chi connectivity index (χ2n) is 6.69. The van der Waals surface area contributed by atoms with Crippen LogP contribution in [0, 0.1) is 0 Å². The van der Waals surface area contributed by atoms with Crippen LogP contribution in [-0.2, 0) is 10.0 Å². The van der Waals surface area contributed by atoms with Gasteiger partial charge in [-0.15, -0.1) is 0 Å². The molecule has 4 aromatic rings. The van der Waals surface area contributed by atoms with Gasteiger partial charge < -0.3 is 10.6 Å². The highest BCUT2D eigenvalue weighted by molar-refractivity contribution is 7.92. The van der Waals surface area contributed by atoms with Gasteiger partial charge in [-0.05, 0) is 66.7 Å². The van der Waals surface area contributed by atoms with Gasteiger partial charge in [0.05, 0.1) is 10.6 Å². The molecular formula is C24H21N3O2S. The van der Waals surface area contributed by atoms with Gasteiger partial charge in [0.25, 0.3) is 10.0 Å². The van der Waals surface area contributed by atoms with E-state index in [-0.39, 0.29) is 4.90 Å². The van der Waals surface area contributed by atoms with Crippen LogP contribution < -0.4 is 15.4 Å². The largest absolute Gasteiger partial charge is 0.356 e. The summed E-state index contributed by atoms with van der Waals surface area (Å²) < 4.78 is 27.7. The van der Waals surface area contributed by atoms with E-state index in [1.165, 1.54) is 0 Å². The van der Waals surface area contributed by atoms with Gasteiger partial charge in [0.15, 0.2) is 0 Å². The molecule has 0 bridgehead atoms. The van der Waals surface area contributed by atoms with E-state index in [1.807, 2.05) is 60.7 Å². The fourth-order valence-corrected chi connectivity index (χ4v) is 4.04. The Morgan fingerprint density at radius 3 is 1.57 bits per heavy atom. The standard InChI is InChI=1S/C24H21N3O2S/c28-30(29,24-12-5-2-6-13-24)27-23-11-7-10-22(18-23)26-21-16-14-20(15-17-21)25-19-8-3-1-4-9-19/h1-18,25-27H. The van der Waals surface area contributed by atoms with Gasteiger partial charge in [0.2, 0.25) is 0 Å².